The van der Waals surface area contributed by atoms with E-state index >= 15 is 0 Å². The molecule has 0 spiro atoms. The Morgan fingerprint density at radius 2 is 2.03 bits per heavy atom. The van der Waals surface area contributed by atoms with E-state index in [4.69, 9.17) is 19.6 Å². The summed E-state index contributed by atoms with van der Waals surface area (Å²) in [7, 11) is 2.04. The van der Waals surface area contributed by atoms with Crippen LogP contribution in [0.1, 0.15) is 42.6 Å². The fraction of sp³-hybridized carbons (Fsp3) is 0.417. The molecule has 2 aliphatic rings. The molecule has 1 aliphatic carbocycles. The molecule has 156 valence electrons. The van der Waals surface area contributed by atoms with Crippen molar-refractivity contribution in [1.82, 2.24) is 9.55 Å². The number of hydrogen-bond donors (Lipinski definition) is 1. The third-order valence-corrected chi connectivity index (χ3v) is 6.39. The number of aromatic nitrogens is 2. The Morgan fingerprint density at radius 3 is 2.83 bits per heavy atom. The van der Waals surface area contributed by atoms with E-state index in [9.17, 15) is 4.79 Å². The summed E-state index contributed by atoms with van der Waals surface area (Å²) in [6, 6.07) is 12.5. The van der Waals surface area contributed by atoms with E-state index in [0.29, 0.717) is 12.8 Å². The number of imidazole rings is 1. The van der Waals surface area contributed by atoms with E-state index in [-0.39, 0.29) is 12.0 Å². The number of nitrogens with zero attached hydrogens (tertiary/aromatic N) is 2. The zero-order valence-electron chi connectivity index (χ0n) is 17.1. The molecule has 1 N–H and O–H groups in total. The lowest BCUT2D eigenvalue weighted by Crippen LogP contribution is -2.27. The van der Waals surface area contributed by atoms with Crippen molar-refractivity contribution in [2.75, 3.05) is 6.61 Å². The zero-order valence-corrected chi connectivity index (χ0v) is 17.1. The van der Waals surface area contributed by atoms with Crippen molar-refractivity contribution in [3.05, 3.63) is 53.3 Å². The number of carboxylic acid groups (broad SMARTS) is 1. The second-order valence-corrected chi connectivity index (χ2v) is 8.38. The highest BCUT2D eigenvalue weighted by Crippen LogP contribution is 2.30. The van der Waals surface area contributed by atoms with Crippen LogP contribution >= 0.6 is 0 Å². The Labute approximate surface area is 175 Å². The van der Waals surface area contributed by atoms with Crippen LogP contribution in [0.25, 0.3) is 11.0 Å². The van der Waals surface area contributed by atoms with Gasteiger partial charge in [-0.05, 0) is 55.0 Å². The molecule has 30 heavy (non-hydrogen) atoms. The number of carbonyl (C=O) groups is 1. The van der Waals surface area contributed by atoms with Crippen molar-refractivity contribution in [1.29, 1.82) is 0 Å². The summed E-state index contributed by atoms with van der Waals surface area (Å²) in [6.07, 6.45) is 4.74. The first-order valence-electron chi connectivity index (χ1n) is 10.7. The van der Waals surface area contributed by atoms with Gasteiger partial charge in [0.2, 0.25) is 0 Å². The molecule has 6 nitrogen and oxygen atoms in total. The largest absolute Gasteiger partial charge is 0.493 e. The van der Waals surface area contributed by atoms with Crippen molar-refractivity contribution in [3.63, 3.8) is 0 Å². The Hall–Kier alpha value is -3.02. The number of carboxylic acids is 1. The third-order valence-electron chi connectivity index (χ3n) is 6.39. The van der Waals surface area contributed by atoms with Gasteiger partial charge < -0.3 is 19.1 Å². The fourth-order valence-corrected chi connectivity index (χ4v) is 4.58. The third kappa shape index (κ3) is 3.62. The van der Waals surface area contributed by atoms with Gasteiger partial charge in [-0.15, -0.1) is 0 Å². The summed E-state index contributed by atoms with van der Waals surface area (Å²) in [5.74, 6) is 1.89. The number of aliphatic carboxylic acids is 1. The van der Waals surface area contributed by atoms with Crippen LogP contribution in [0.2, 0.25) is 0 Å². The van der Waals surface area contributed by atoms with Gasteiger partial charge in [0.25, 0.3) is 0 Å². The molecule has 3 aromatic rings. The van der Waals surface area contributed by atoms with Gasteiger partial charge in [0.15, 0.2) is 0 Å². The first-order valence-corrected chi connectivity index (χ1v) is 10.7. The Morgan fingerprint density at radius 1 is 1.20 bits per heavy atom. The molecule has 1 aliphatic heterocycles. The van der Waals surface area contributed by atoms with E-state index < -0.39 is 5.97 Å². The summed E-state index contributed by atoms with van der Waals surface area (Å²) in [5, 5.41) is 9.15. The highest BCUT2D eigenvalue weighted by molar-refractivity contribution is 5.78. The molecule has 1 fully saturated rings. The van der Waals surface area contributed by atoms with E-state index in [1.165, 1.54) is 11.1 Å². The fourth-order valence-electron chi connectivity index (χ4n) is 4.58. The van der Waals surface area contributed by atoms with Crippen LogP contribution in [0.4, 0.5) is 0 Å². The predicted octanol–water partition coefficient (Wildman–Crippen LogP) is 4.12. The van der Waals surface area contributed by atoms with Gasteiger partial charge in [-0.25, -0.2) is 4.98 Å². The molecule has 0 bridgehead atoms. The summed E-state index contributed by atoms with van der Waals surface area (Å²) >= 11 is 0. The summed E-state index contributed by atoms with van der Waals surface area (Å²) in [6.45, 7) is 0.770. The number of rotatable bonds is 5. The minimum absolute atomic E-state index is 0.0765. The topological polar surface area (TPSA) is 73.6 Å². The van der Waals surface area contributed by atoms with Gasteiger partial charge in [0, 0.05) is 26.0 Å². The monoisotopic (exact) mass is 406 g/mol. The van der Waals surface area contributed by atoms with Crippen molar-refractivity contribution < 1.29 is 19.4 Å². The second-order valence-electron chi connectivity index (χ2n) is 8.38. The first kappa shape index (κ1) is 19.0. The van der Waals surface area contributed by atoms with E-state index in [0.717, 1.165) is 60.6 Å². The summed E-state index contributed by atoms with van der Waals surface area (Å²) in [4.78, 5) is 16.0. The quantitative estimate of drug-likeness (QED) is 0.690. The van der Waals surface area contributed by atoms with Crippen LogP contribution in [0.15, 0.2) is 36.4 Å². The second kappa shape index (κ2) is 7.67. The summed E-state index contributed by atoms with van der Waals surface area (Å²) in [5.41, 5.74) is 4.47. The molecule has 6 heteroatoms. The zero-order chi connectivity index (χ0) is 20.7. The normalized spacial score (nSPS) is 20.7. The Bertz CT molecular complexity index is 1100. The number of benzene rings is 2. The highest BCUT2D eigenvalue weighted by atomic mass is 16.5. The minimum Gasteiger partial charge on any atom is -0.493 e. The van der Waals surface area contributed by atoms with Crippen molar-refractivity contribution >= 4 is 17.0 Å². The molecule has 0 unspecified atom stereocenters. The molecule has 0 saturated heterocycles. The number of fused-ring (bicyclic) bond motifs is 2. The van der Waals surface area contributed by atoms with Gasteiger partial charge in [-0.1, -0.05) is 12.1 Å². The minimum atomic E-state index is -0.689. The molecule has 0 atom stereocenters. The highest BCUT2D eigenvalue weighted by Gasteiger charge is 2.27. The lowest BCUT2D eigenvalue weighted by atomic mass is 9.87. The van der Waals surface area contributed by atoms with Crippen molar-refractivity contribution in [3.8, 4) is 11.5 Å². The molecule has 5 rings (SSSR count). The molecule has 0 radical (unpaired) electrons. The lowest BCUT2D eigenvalue weighted by molar-refractivity contribution is -0.143. The van der Waals surface area contributed by atoms with Crippen LogP contribution in [-0.4, -0.2) is 33.3 Å². The molecule has 2 aromatic carbocycles. The standard InChI is InChI=1S/C24H26N2O4/c1-26-21-9-8-19(30-18-6-4-17(5-7-18)24(27)28)14-20(21)25-23(26)13-15-2-3-16-10-11-29-22(16)12-15/h2-3,8-9,12,14,17-18H,4-7,10-11,13H2,1H3,(H,27,28)/t17-,18+. The lowest BCUT2D eigenvalue weighted by Gasteiger charge is -2.26. The van der Waals surface area contributed by atoms with Gasteiger partial charge in [-0.3, -0.25) is 4.79 Å². The molecule has 0 amide bonds. The molecular weight excluding hydrogens is 380 g/mol. The average Bonchev–Trinajstić information content (AvgIpc) is 3.32. The van der Waals surface area contributed by atoms with Crippen LogP contribution < -0.4 is 9.47 Å². The van der Waals surface area contributed by atoms with Gasteiger partial charge >= 0.3 is 5.97 Å². The maximum Gasteiger partial charge on any atom is 0.306 e. The number of ether oxygens (including phenoxy) is 2. The van der Waals surface area contributed by atoms with Crippen LogP contribution in [0, 0.1) is 5.92 Å². The Kier molecular flexibility index (Phi) is 4.85. The molecule has 2 heterocycles. The maximum atomic E-state index is 11.1. The Balaban J connectivity index is 1.31. The first-order chi connectivity index (χ1) is 14.6. The number of hydrogen-bond acceptors (Lipinski definition) is 4. The molecular formula is C24H26N2O4. The van der Waals surface area contributed by atoms with Crippen molar-refractivity contribution in [2.45, 2.75) is 44.6 Å². The van der Waals surface area contributed by atoms with Gasteiger partial charge in [0.1, 0.15) is 17.3 Å². The smallest absolute Gasteiger partial charge is 0.306 e. The maximum absolute atomic E-state index is 11.1. The van der Waals surface area contributed by atoms with E-state index in [1.54, 1.807) is 0 Å². The number of aryl methyl sites for hydroxylation is 1. The van der Waals surface area contributed by atoms with Crippen LogP contribution in [-0.2, 0) is 24.7 Å². The van der Waals surface area contributed by atoms with Crippen LogP contribution in [0.3, 0.4) is 0 Å². The van der Waals surface area contributed by atoms with E-state index in [1.807, 2.05) is 19.2 Å². The predicted molar refractivity (Wildman–Crippen MR) is 113 cm³/mol. The van der Waals surface area contributed by atoms with Gasteiger partial charge in [-0.2, -0.15) is 0 Å². The molecule has 1 aromatic heterocycles. The van der Waals surface area contributed by atoms with Crippen LogP contribution in [0.5, 0.6) is 11.5 Å². The van der Waals surface area contributed by atoms with E-state index in [2.05, 4.69) is 28.8 Å². The SMILES string of the molecule is Cn1c(Cc2ccc3c(c2)OCC3)nc2cc(O[C@H]3CC[C@@H](C(=O)O)CC3)ccc21. The average molecular weight is 406 g/mol. The van der Waals surface area contributed by atoms with Crippen molar-refractivity contribution in [2.24, 2.45) is 13.0 Å². The molecule has 1 saturated carbocycles. The summed E-state index contributed by atoms with van der Waals surface area (Å²) < 4.78 is 14.0. The van der Waals surface area contributed by atoms with Gasteiger partial charge in [0.05, 0.1) is 29.7 Å².